The van der Waals surface area contributed by atoms with Crippen LogP contribution < -0.4 is 5.32 Å². The van der Waals surface area contributed by atoms with Gasteiger partial charge in [-0.25, -0.2) is 0 Å². The lowest BCUT2D eigenvalue weighted by atomic mass is 10.1. The molecule has 0 bridgehead atoms. The first-order valence-electron chi connectivity index (χ1n) is 5.09. The Morgan fingerprint density at radius 2 is 2.86 bits per heavy atom. The summed E-state index contributed by atoms with van der Waals surface area (Å²) in [6.07, 6.45) is -7.87. The van der Waals surface area contributed by atoms with Gasteiger partial charge in [0.25, 0.3) is 0 Å². The molecule has 2 atom stereocenters. The first-order valence-corrected chi connectivity index (χ1v) is 2.01. The van der Waals surface area contributed by atoms with E-state index in [1.54, 1.807) is 0 Å². The zero-order chi connectivity index (χ0) is 10.5. The summed E-state index contributed by atoms with van der Waals surface area (Å²) < 4.78 is 43.4. The molecule has 1 heterocycles. The van der Waals surface area contributed by atoms with E-state index in [1.165, 1.54) is 0 Å². The Hall–Kier alpha value is -0.0800. The fraction of sp³-hybridized carbons (Fsp3) is 1.00. The van der Waals surface area contributed by atoms with Crippen LogP contribution in [0, 0.1) is 0 Å². The van der Waals surface area contributed by atoms with Gasteiger partial charge in [-0.1, -0.05) is 0 Å². The third-order valence-electron chi connectivity index (χ3n) is 0.660. The maximum Gasteiger partial charge on any atom is 0.0665 e. The van der Waals surface area contributed by atoms with Crippen molar-refractivity contribution in [1.29, 1.82) is 0 Å². The highest BCUT2D eigenvalue weighted by Gasteiger charge is 2.06. The van der Waals surface area contributed by atoms with Gasteiger partial charge in [0.2, 0.25) is 0 Å². The van der Waals surface area contributed by atoms with E-state index < -0.39 is 31.9 Å². The van der Waals surface area contributed by atoms with Crippen molar-refractivity contribution >= 4 is 0 Å². The molecule has 1 saturated heterocycles. The summed E-state index contributed by atoms with van der Waals surface area (Å²) in [4.78, 5) is 0. The van der Waals surface area contributed by atoms with Crippen LogP contribution in [0.15, 0.2) is 0 Å². The van der Waals surface area contributed by atoms with Crippen LogP contribution in [0.5, 0.6) is 0 Å². The lowest BCUT2D eigenvalue weighted by Crippen LogP contribution is -2.33. The van der Waals surface area contributed by atoms with Crippen LogP contribution in [-0.4, -0.2) is 24.3 Å². The number of nitrogens with one attached hydrogen (secondary N) is 1. The number of hydrogen-bond acceptors (Lipinski definition) is 2. The quantitative estimate of drug-likeness (QED) is 0.446. The molecule has 1 fully saturated rings. The van der Waals surface area contributed by atoms with E-state index in [1.807, 2.05) is 0 Å². The monoisotopic (exact) mass is 107 g/mol. The molecule has 2 N–H and O–H groups in total. The van der Waals surface area contributed by atoms with Crippen molar-refractivity contribution in [3.63, 3.8) is 0 Å². The van der Waals surface area contributed by atoms with E-state index in [4.69, 9.17) is 8.22 Å². The molecule has 0 saturated carbocycles. The van der Waals surface area contributed by atoms with Crippen molar-refractivity contribution in [2.24, 2.45) is 0 Å². The third-order valence-corrected chi connectivity index (χ3v) is 0.660. The molecular weight excluding hydrogens is 90.1 g/mol. The summed E-state index contributed by atoms with van der Waals surface area (Å²) in [7, 11) is 0. The number of rotatable bonds is 0. The Labute approximate surface area is 52.0 Å². The van der Waals surface area contributed by atoms with Crippen LogP contribution in [0.3, 0.4) is 0 Å². The molecule has 0 aromatic carbocycles. The van der Waals surface area contributed by atoms with Crippen molar-refractivity contribution in [2.75, 3.05) is 13.1 Å². The third kappa shape index (κ3) is 1.45. The highest BCUT2D eigenvalue weighted by molar-refractivity contribution is 4.65. The summed E-state index contributed by atoms with van der Waals surface area (Å²) in [5, 5.41) is 11.5. The molecule has 1 rings (SSSR count). The van der Waals surface area contributed by atoms with Crippen molar-refractivity contribution in [3.8, 4) is 0 Å². The molecule has 2 heteroatoms. The van der Waals surface area contributed by atoms with Crippen LogP contribution in [0.25, 0.3) is 0 Å². The topological polar surface area (TPSA) is 32.3 Å². The summed E-state index contributed by atoms with van der Waals surface area (Å²) in [5.41, 5.74) is 0. The molecule has 1 aliphatic heterocycles. The minimum Gasteiger partial charge on any atom is -0.392 e. The van der Waals surface area contributed by atoms with Gasteiger partial charge in [-0.15, -0.1) is 0 Å². The van der Waals surface area contributed by atoms with Gasteiger partial charge < -0.3 is 10.4 Å². The van der Waals surface area contributed by atoms with Crippen molar-refractivity contribution < 1.29 is 13.3 Å². The van der Waals surface area contributed by atoms with Gasteiger partial charge in [-0.05, 0) is 19.3 Å². The normalized spacial score (nSPS) is 81.0. The van der Waals surface area contributed by atoms with E-state index in [-0.39, 0.29) is 0 Å². The Bertz CT molecular complexity index is 217. The molecule has 42 valence electrons. The lowest BCUT2D eigenvalue weighted by Gasteiger charge is -2.16. The molecular formula is C5H11NO. The number of hydrogen-bond donors (Lipinski definition) is 2. The maximum absolute atomic E-state index is 9.26. The van der Waals surface area contributed by atoms with Crippen LogP contribution >= 0.6 is 0 Å². The standard InChI is InChI=1S/C5H11NO/c7-5-2-1-3-6-4-5/h5-7H,1-4H2/i1D2,2D2,3D,5D. The number of aliphatic hydroxyl groups is 1. The molecule has 0 aromatic rings. The van der Waals surface area contributed by atoms with E-state index >= 15 is 0 Å². The largest absolute Gasteiger partial charge is 0.392 e. The number of β-amino-alcohol motifs (C(OH)–C–C–N with tert-alkyl or cyclic N) is 1. The van der Waals surface area contributed by atoms with Crippen molar-refractivity contribution in [3.05, 3.63) is 0 Å². The second kappa shape index (κ2) is 2.28. The lowest BCUT2D eigenvalue weighted by molar-refractivity contribution is 0.142. The molecule has 0 amide bonds. The van der Waals surface area contributed by atoms with Crippen LogP contribution in [0.1, 0.15) is 21.0 Å². The first kappa shape index (κ1) is 1.45. The maximum atomic E-state index is 9.26. The van der Waals surface area contributed by atoms with Gasteiger partial charge in [0, 0.05) is 13.4 Å². The second-order valence-corrected chi connectivity index (χ2v) is 1.24. The van der Waals surface area contributed by atoms with Gasteiger partial charge >= 0.3 is 0 Å². The Balaban J connectivity index is 3.07. The van der Waals surface area contributed by atoms with Crippen molar-refractivity contribution in [1.82, 2.24) is 5.32 Å². The average Bonchev–Trinajstić information content (AvgIpc) is 1.97. The van der Waals surface area contributed by atoms with Crippen molar-refractivity contribution in [2.45, 2.75) is 18.8 Å². The second-order valence-electron chi connectivity index (χ2n) is 1.24. The fourth-order valence-corrected chi connectivity index (χ4v) is 0.362. The van der Waals surface area contributed by atoms with Gasteiger partial charge in [-0.2, -0.15) is 0 Å². The van der Waals surface area contributed by atoms with Gasteiger partial charge in [0.05, 0.1) is 7.45 Å². The summed E-state index contributed by atoms with van der Waals surface area (Å²) in [6, 6.07) is 0. The molecule has 0 spiro atoms. The Kier molecular flexibility index (Phi) is 0.474. The van der Waals surface area contributed by atoms with Crippen LogP contribution in [0.4, 0.5) is 0 Å². The van der Waals surface area contributed by atoms with E-state index in [0.717, 1.165) is 0 Å². The zero-order valence-corrected chi connectivity index (χ0v) is 3.73. The molecule has 2 unspecified atom stereocenters. The zero-order valence-electron chi connectivity index (χ0n) is 9.73. The summed E-state index contributed by atoms with van der Waals surface area (Å²) >= 11 is 0. The average molecular weight is 107 g/mol. The predicted molar refractivity (Wildman–Crippen MR) is 28.1 cm³/mol. The summed E-state index contributed by atoms with van der Waals surface area (Å²) in [6.45, 7) is -1.92. The minimum atomic E-state index is -2.75. The molecule has 0 aromatic heterocycles. The Morgan fingerprint density at radius 1 is 2.00 bits per heavy atom. The smallest absolute Gasteiger partial charge is 0.0665 e. The molecule has 0 aliphatic carbocycles. The van der Waals surface area contributed by atoms with Gasteiger partial charge in [0.15, 0.2) is 0 Å². The fourth-order valence-electron chi connectivity index (χ4n) is 0.362. The van der Waals surface area contributed by atoms with E-state index in [9.17, 15) is 5.11 Å². The van der Waals surface area contributed by atoms with Gasteiger partial charge in [-0.3, -0.25) is 0 Å². The Morgan fingerprint density at radius 3 is 3.57 bits per heavy atom. The molecule has 1 aliphatic rings. The molecule has 2 nitrogen and oxygen atoms in total. The SMILES string of the molecule is [2H]C1NCC([2H])(O)C([2H])([2H])C1([2H])[2H]. The number of piperidine rings is 1. The highest BCUT2D eigenvalue weighted by Crippen LogP contribution is 1.98. The molecule has 7 heavy (non-hydrogen) atoms. The van der Waals surface area contributed by atoms with Crippen LogP contribution in [-0.2, 0) is 0 Å². The van der Waals surface area contributed by atoms with E-state index in [2.05, 4.69) is 5.32 Å². The first-order chi connectivity index (χ1) is 5.63. The summed E-state index contributed by atoms with van der Waals surface area (Å²) in [5.74, 6) is 0. The minimum absolute atomic E-state index is 0.451. The highest BCUT2D eigenvalue weighted by atomic mass is 16.3. The van der Waals surface area contributed by atoms with E-state index in [0.29, 0.717) is 0 Å². The van der Waals surface area contributed by atoms with Crippen LogP contribution in [0.2, 0.25) is 0 Å². The molecule has 0 radical (unpaired) electrons. The van der Waals surface area contributed by atoms with Gasteiger partial charge in [0.1, 0.15) is 0 Å². The predicted octanol–water partition coefficient (Wildman–Crippen LogP) is -0.269.